The number of hydrogen-bond donors (Lipinski definition) is 0. The van der Waals surface area contributed by atoms with Gasteiger partial charge in [-0.3, -0.25) is 4.98 Å². The van der Waals surface area contributed by atoms with Gasteiger partial charge in [0.2, 0.25) is 0 Å². The molecule has 0 bridgehead atoms. The van der Waals surface area contributed by atoms with Gasteiger partial charge in [-0.1, -0.05) is 194 Å². The summed E-state index contributed by atoms with van der Waals surface area (Å²) in [5, 5.41) is 0. The van der Waals surface area contributed by atoms with Gasteiger partial charge in [0.1, 0.15) is 0 Å². The molecule has 10 aromatic rings. The van der Waals surface area contributed by atoms with Crippen molar-refractivity contribution in [2.75, 3.05) is 0 Å². The molecule has 0 aliphatic heterocycles. The molecular formula is C59H41N. The van der Waals surface area contributed by atoms with Crippen molar-refractivity contribution in [2.24, 2.45) is 0 Å². The predicted octanol–water partition coefficient (Wildman–Crippen LogP) is 16.1. The number of hydrogen-bond acceptors (Lipinski definition) is 1. The highest BCUT2D eigenvalue weighted by molar-refractivity contribution is 5.82. The minimum atomic E-state index is 0.983. The molecule has 0 unspecified atom stereocenters. The molecule has 10 rings (SSSR count). The number of nitrogens with zero attached hydrogens (tertiary/aromatic N) is 1. The number of aromatic nitrogens is 1. The Morgan fingerprint density at radius 1 is 0.167 bits per heavy atom. The second-order valence-electron chi connectivity index (χ2n) is 15.2. The molecule has 282 valence electrons. The van der Waals surface area contributed by atoms with Gasteiger partial charge in [-0.25, -0.2) is 0 Å². The van der Waals surface area contributed by atoms with Crippen LogP contribution in [0.2, 0.25) is 0 Å². The third kappa shape index (κ3) is 7.85. The smallest absolute Gasteiger partial charge is 0.0702 e. The lowest BCUT2D eigenvalue weighted by atomic mass is 9.93. The fourth-order valence-electron chi connectivity index (χ4n) is 8.12. The van der Waals surface area contributed by atoms with Gasteiger partial charge < -0.3 is 0 Å². The Bertz CT molecular complexity index is 3050. The summed E-state index contributed by atoms with van der Waals surface area (Å²) in [4.78, 5) is 4.53. The molecule has 60 heavy (non-hydrogen) atoms. The van der Waals surface area contributed by atoms with Crippen molar-refractivity contribution in [3.63, 3.8) is 0 Å². The van der Waals surface area contributed by atoms with Crippen LogP contribution in [0, 0.1) is 0 Å². The van der Waals surface area contributed by atoms with Crippen LogP contribution in [0.1, 0.15) is 0 Å². The molecule has 0 saturated heterocycles. The molecule has 0 radical (unpaired) electrons. The first-order chi connectivity index (χ1) is 29.7. The molecule has 1 heteroatoms. The van der Waals surface area contributed by atoms with E-state index in [1.807, 2.05) is 18.3 Å². The Morgan fingerprint density at radius 3 is 0.717 bits per heavy atom. The molecule has 0 saturated carbocycles. The van der Waals surface area contributed by atoms with Crippen LogP contribution in [-0.2, 0) is 0 Å². The van der Waals surface area contributed by atoms with Crippen LogP contribution in [0.4, 0.5) is 0 Å². The average molecular weight is 764 g/mol. The quantitative estimate of drug-likeness (QED) is 0.143. The lowest BCUT2D eigenvalue weighted by Gasteiger charge is -2.11. The fourth-order valence-corrected chi connectivity index (χ4v) is 8.12. The lowest BCUT2D eigenvalue weighted by molar-refractivity contribution is 1.33. The fraction of sp³-hybridized carbons (Fsp3) is 0. The molecule has 0 amide bonds. The molecule has 0 fully saturated rings. The molecule has 1 nitrogen and oxygen atoms in total. The zero-order valence-corrected chi connectivity index (χ0v) is 33.1. The normalized spacial score (nSPS) is 11.0. The Morgan fingerprint density at radius 2 is 0.400 bits per heavy atom. The van der Waals surface area contributed by atoms with Gasteiger partial charge in [0.15, 0.2) is 0 Å². The third-order valence-corrected chi connectivity index (χ3v) is 11.3. The van der Waals surface area contributed by atoms with Gasteiger partial charge in [-0.15, -0.1) is 0 Å². The Labute approximate surface area is 352 Å². The zero-order chi connectivity index (χ0) is 40.1. The summed E-state index contributed by atoms with van der Waals surface area (Å²) in [5.41, 5.74) is 21.3. The van der Waals surface area contributed by atoms with Crippen molar-refractivity contribution in [3.05, 3.63) is 249 Å². The van der Waals surface area contributed by atoms with E-state index in [2.05, 4.69) is 236 Å². The van der Waals surface area contributed by atoms with Crippen molar-refractivity contribution < 1.29 is 0 Å². The maximum absolute atomic E-state index is 4.53. The van der Waals surface area contributed by atoms with E-state index in [0.29, 0.717) is 0 Å². The first kappa shape index (κ1) is 36.5. The van der Waals surface area contributed by atoms with Gasteiger partial charge in [-0.05, 0) is 138 Å². The summed E-state index contributed by atoms with van der Waals surface area (Å²) in [6.07, 6.45) is 1.84. The van der Waals surface area contributed by atoms with Crippen molar-refractivity contribution in [1.82, 2.24) is 4.98 Å². The molecule has 9 aromatic carbocycles. The second kappa shape index (κ2) is 16.5. The summed E-state index contributed by atoms with van der Waals surface area (Å²) < 4.78 is 0. The zero-order valence-electron chi connectivity index (χ0n) is 33.1. The van der Waals surface area contributed by atoms with Crippen LogP contribution in [-0.4, -0.2) is 4.98 Å². The van der Waals surface area contributed by atoms with E-state index in [4.69, 9.17) is 0 Å². The summed E-state index contributed by atoms with van der Waals surface area (Å²) in [7, 11) is 0. The van der Waals surface area contributed by atoms with Crippen LogP contribution in [0.25, 0.3) is 100 Å². The van der Waals surface area contributed by atoms with Gasteiger partial charge in [-0.2, -0.15) is 0 Å². The van der Waals surface area contributed by atoms with Crippen LogP contribution in [0.15, 0.2) is 249 Å². The molecule has 0 atom stereocenters. The van der Waals surface area contributed by atoms with Crippen LogP contribution in [0.3, 0.4) is 0 Å². The molecule has 1 aromatic heterocycles. The monoisotopic (exact) mass is 763 g/mol. The van der Waals surface area contributed by atoms with E-state index >= 15 is 0 Å². The molecule has 0 aliphatic rings. The van der Waals surface area contributed by atoms with Gasteiger partial charge >= 0.3 is 0 Å². The second-order valence-corrected chi connectivity index (χ2v) is 15.2. The lowest BCUT2D eigenvalue weighted by Crippen LogP contribution is -1.86. The minimum absolute atomic E-state index is 0.983. The first-order valence-electron chi connectivity index (χ1n) is 20.5. The van der Waals surface area contributed by atoms with E-state index < -0.39 is 0 Å². The highest BCUT2D eigenvalue weighted by Crippen LogP contribution is 2.35. The van der Waals surface area contributed by atoms with E-state index in [0.717, 1.165) is 11.3 Å². The van der Waals surface area contributed by atoms with Crippen molar-refractivity contribution >= 4 is 0 Å². The van der Waals surface area contributed by atoms with Gasteiger partial charge in [0.05, 0.1) is 5.69 Å². The number of benzene rings is 9. The molecule has 0 spiro atoms. The highest BCUT2D eigenvalue weighted by Gasteiger charge is 2.09. The summed E-state index contributed by atoms with van der Waals surface area (Å²) in [6.45, 7) is 0. The third-order valence-electron chi connectivity index (χ3n) is 11.3. The SMILES string of the molecule is c1ccc(-c2cccc(-c3cccc(-c4cccc(-c5cccc(-c6cccc(-c7ccc(-c8ccc(-c9cccc(-c%10ccccn%10)c9)cc8)cc7)c6)c5)c4)c3)c2)cc1. The summed E-state index contributed by atoms with van der Waals surface area (Å²) in [5.74, 6) is 0. The van der Waals surface area contributed by atoms with Crippen LogP contribution < -0.4 is 0 Å². The van der Waals surface area contributed by atoms with Crippen LogP contribution >= 0.6 is 0 Å². The Balaban J connectivity index is 0.860. The molecule has 0 aliphatic carbocycles. The van der Waals surface area contributed by atoms with Crippen molar-refractivity contribution in [1.29, 1.82) is 0 Å². The van der Waals surface area contributed by atoms with E-state index in [-0.39, 0.29) is 0 Å². The van der Waals surface area contributed by atoms with Crippen molar-refractivity contribution in [3.8, 4) is 100 Å². The summed E-state index contributed by atoms with van der Waals surface area (Å²) >= 11 is 0. The topological polar surface area (TPSA) is 12.9 Å². The standard InChI is InChI=1S/C59H41N/c1-2-12-42(13-3-1)47-14-6-17-50(36-47)52-19-8-21-54(38-52)56-23-10-24-57(40-56)55-22-9-20-53(39-55)51-18-7-15-48(37-51)45-31-27-43(28-32-45)44-29-33-46(34-30-44)49-16-11-25-58(41-49)59-26-4-5-35-60-59/h1-41H. The first-order valence-corrected chi connectivity index (χ1v) is 20.5. The minimum Gasteiger partial charge on any atom is -0.256 e. The van der Waals surface area contributed by atoms with Gasteiger partial charge in [0, 0.05) is 11.8 Å². The Kier molecular flexibility index (Phi) is 10.1. The molecule has 1 heterocycles. The Hall–Kier alpha value is -7.87. The number of rotatable bonds is 9. The van der Waals surface area contributed by atoms with E-state index in [1.165, 1.54) is 89.0 Å². The van der Waals surface area contributed by atoms with E-state index in [1.54, 1.807) is 0 Å². The number of pyridine rings is 1. The van der Waals surface area contributed by atoms with Gasteiger partial charge in [0.25, 0.3) is 0 Å². The van der Waals surface area contributed by atoms with E-state index in [9.17, 15) is 0 Å². The largest absolute Gasteiger partial charge is 0.256 e. The van der Waals surface area contributed by atoms with Crippen molar-refractivity contribution in [2.45, 2.75) is 0 Å². The molecular weight excluding hydrogens is 723 g/mol. The maximum Gasteiger partial charge on any atom is 0.0702 e. The molecule has 0 N–H and O–H groups in total. The maximum atomic E-state index is 4.53. The summed E-state index contributed by atoms with van der Waals surface area (Å²) in [6, 6.07) is 87.3. The predicted molar refractivity (Wildman–Crippen MR) is 253 cm³/mol. The average Bonchev–Trinajstić information content (AvgIpc) is 3.35. The van der Waals surface area contributed by atoms with Crippen LogP contribution in [0.5, 0.6) is 0 Å². The highest BCUT2D eigenvalue weighted by atomic mass is 14.7.